The Hall–Kier alpha value is -2.71. The summed E-state index contributed by atoms with van der Waals surface area (Å²) >= 11 is 0. The quantitative estimate of drug-likeness (QED) is 0.803. The standard InChI is InChI=1S/C17H15NO6S/c19-11-12-5-7-13(8-6-12)17(21)24-10-9-18-16(20)14-3-1-2-4-15(14)25(18,22)23/h1-8,19H,9-11H2. The van der Waals surface area contributed by atoms with Gasteiger partial charge in [-0.1, -0.05) is 24.3 Å². The smallest absolute Gasteiger partial charge is 0.338 e. The van der Waals surface area contributed by atoms with Crippen molar-refractivity contribution in [1.29, 1.82) is 0 Å². The molecule has 0 unspecified atom stereocenters. The van der Waals surface area contributed by atoms with E-state index in [1.165, 1.54) is 24.3 Å². The fourth-order valence-corrected chi connectivity index (χ4v) is 4.06. The first-order valence-electron chi connectivity index (χ1n) is 7.48. The van der Waals surface area contributed by atoms with Gasteiger partial charge in [0.25, 0.3) is 15.9 Å². The maximum atomic E-state index is 12.4. The molecule has 0 saturated carbocycles. The van der Waals surface area contributed by atoms with Gasteiger partial charge < -0.3 is 9.84 Å². The van der Waals surface area contributed by atoms with E-state index in [2.05, 4.69) is 0 Å². The van der Waals surface area contributed by atoms with Crippen LogP contribution in [0.25, 0.3) is 0 Å². The number of hydrogen-bond donors (Lipinski definition) is 1. The maximum Gasteiger partial charge on any atom is 0.338 e. The Morgan fingerprint density at radius 2 is 1.76 bits per heavy atom. The largest absolute Gasteiger partial charge is 0.460 e. The number of fused-ring (bicyclic) bond motifs is 1. The minimum atomic E-state index is -3.90. The van der Waals surface area contributed by atoms with E-state index in [1.54, 1.807) is 24.3 Å². The molecule has 0 saturated heterocycles. The van der Waals surface area contributed by atoms with Crippen LogP contribution in [0.3, 0.4) is 0 Å². The third-order valence-electron chi connectivity index (χ3n) is 3.81. The van der Waals surface area contributed by atoms with Crippen LogP contribution >= 0.6 is 0 Å². The number of aliphatic hydroxyl groups excluding tert-OH is 1. The van der Waals surface area contributed by atoms with Gasteiger partial charge in [-0.05, 0) is 29.8 Å². The van der Waals surface area contributed by atoms with Crippen molar-refractivity contribution in [1.82, 2.24) is 4.31 Å². The number of aliphatic hydroxyl groups is 1. The molecule has 25 heavy (non-hydrogen) atoms. The Morgan fingerprint density at radius 1 is 1.08 bits per heavy atom. The second-order valence-electron chi connectivity index (χ2n) is 5.37. The van der Waals surface area contributed by atoms with Crippen molar-refractivity contribution in [2.24, 2.45) is 0 Å². The Balaban J connectivity index is 1.64. The molecule has 130 valence electrons. The van der Waals surface area contributed by atoms with Crippen molar-refractivity contribution in [2.75, 3.05) is 13.2 Å². The number of carbonyl (C=O) groups excluding carboxylic acids is 2. The van der Waals surface area contributed by atoms with Gasteiger partial charge in [-0.25, -0.2) is 17.5 Å². The maximum absolute atomic E-state index is 12.4. The summed E-state index contributed by atoms with van der Waals surface area (Å²) in [5.74, 6) is -1.26. The van der Waals surface area contributed by atoms with Gasteiger partial charge in [-0.3, -0.25) is 4.79 Å². The van der Waals surface area contributed by atoms with Crippen LogP contribution in [0.4, 0.5) is 0 Å². The van der Waals surface area contributed by atoms with Crippen molar-refractivity contribution in [3.8, 4) is 0 Å². The van der Waals surface area contributed by atoms with Crippen LogP contribution in [-0.4, -0.2) is 42.9 Å². The van der Waals surface area contributed by atoms with Crippen LogP contribution in [0.15, 0.2) is 53.4 Å². The summed E-state index contributed by atoms with van der Waals surface area (Å²) in [4.78, 5) is 24.1. The molecule has 3 rings (SSSR count). The zero-order valence-electron chi connectivity index (χ0n) is 13.1. The number of esters is 1. The molecular formula is C17H15NO6S. The molecule has 2 aromatic carbocycles. The molecule has 2 aromatic rings. The highest BCUT2D eigenvalue weighted by atomic mass is 32.2. The van der Waals surface area contributed by atoms with E-state index >= 15 is 0 Å². The van der Waals surface area contributed by atoms with Gasteiger partial charge in [0.15, 0.2) is 0 Å². The molecule has 0 bridgehead atoms. The average molecular weight is 361 g/mol. The molecule has 0 atom stereocenters. The summed E-state index contributed by atoms with van der Waals surface area (Å²) < 4.78 is 30.5. The first-order chi connectivity index (χ1) is 11.9. The van der Waals surface area contributed by atoms with Crippen molar-refractivity contribution in [3.63, 3.8) is 0 Å². The molecule has 8 heteroatoms. The monoisotopic (exact) mass is 361 g/mol. The van der Waals surface area contributed by atoms with E-state index in [0.717, 1.165) is 0 Å². The normalized spacial score (nSPS) is 15.1. The minimum absolute atomic E-state index is 0.0362. The predicted molar refractivity (Wildman–Crippen MR) is 87.3 cm³/mol. The molecule has 1 amide bonds. The summed E-state index contributed by atoms with van der Waals surface area (Å²) in [6.45, 7) is -0.638. The summed E-state index contributed by atoms with van der Waals surface area (Å²) in [6.07, 6.45) is 0. The van der Waals surface area contributed by atoms with E-state index in [0.29, 0.717) is 9.87 Å². The fourth-order valence-electron chi connectivity index (χ4n) is 2.50. The summed E-state index contributed by atoms with van der Waals surface area (Å²) in [6, 6.07) is 12.1. The lowest BCUT2D eigenvalue weighted by Crippen LogP contribution is -2.33. The van der Waals surface area contributed by atoms with Gasteiger partial charge in [0, 0.05) is 0 Å². The van der Waals surface area contributed by atoms with E-state index in [4.69, 9.17) is 9.84 Å². The lowest BCUT2D eigenvalue weighted by molar-refractivity contribution is 0.0477. The molecule has 0 spiro atoms. The van der Waals surface area contributed by atoms with E-state index in [-0.39, 0.29) is 35.8 Å². The number of hydrogen-bond acceptors (Lipinski definition) is 6. The third kappa shape index (κ3) is 3.13. The van der Waals surface area contributed by atoms with Crippen LogP contribution in [-0.2, 0) is 21.4 Å². The zero-order valence-corrected chi connectivity index (χ0v) is 13.9. The van der Waals surface area contributed by atoms with Gasteiger partial charge in [-0.15, -0.1) is 0 Å². The molecule has 0 aromatic heterocycles. The number of benzene rings is 2. The number of sulfonamides is 1. The Kier molecular flexibility index (Phi) is 4.56. The van der Waals surface area contributed by atoms with Crippen molar-refractivity contribution in [3.05, 3.63) is 65.2 Å². The van der Waals surface area contributed by atoms with Crippen LogP contribution in [0.1, 0.15) is 26.3 Å². The second kappa shape index (κ2) is 6.66. The number of ether oxygens (including phenoxy) is 1. The molecule has 0 aliphatic carbocycles. The molecule has 0 fully saturated rings. The van der Waals surface area contributed by atoms with Gasteiger partial charge in [0.1, 0.15) is 11.5 Å². The fraction of sp³-hybridized carbons (Fsp3) is 0.176. The first kappa shape index (κ1) is 17.1. The topological polar surface area (TPSA) is 101 Å². The van der Waals surface area contributed by atoms with Crippen molar-refractivity contribution >= 4 is 21.9 Å². The Bertz CT molecular complexity index is 920. The van der Waals surface area contributed by atoms with Gasteiger partial charge >= 0.3 is 5.97 Å². The van der Waals surface area contributed by atoms with E-state index in [9.17, 15) is 18.0 Å². The SMILES string of the molecule is O=C(OCCN1C(=O)c2ccccc2S1(=O)=O)c1ccc(CO)cc1. The Labute approximate surface area is 144 Å². The van der Waals surface area contributed by atoms with Crippen LogP contribution in [0.2, 0.25) is 0 Å². The summed E-state index contributed by atoms with van der Waals surface area (Å²) in [7, 11) is -3.90. The highest BCUT2D eigenvalue weighted by Crippen LogP contribution is 2.29. The third-order valence-corrected chi connectivity index (χ3v) is 5.65. The summed E-state index contributed by atoms with van der Waals surface area (Å²) in [5, 5.41) is 8.97. The number of rotatable bonds is 5. The highest BCUT2D eigenvalue weighted by molar-refractivity contribution is 7.90. The molecule has 1 aliphatic rings. The lowest BCUT2D eigenvalue weighted by atomic mass is 10.1. The van der Waals surface area contributed by atoms with E-state index < -0.39 is 21.9 Å². The zero-order chi connectivity index (χ0) is 18.0. The van der Waals surface area contributed by atoms with Gasteiger partial charge in [0.2, 0.25) is 0 Å². The number of nitrogens with zero attached hydrogens (tertiary/aromatic N) is 1. The summed E-state index contributed by atoms with van der Waals surface area (Å²) in [5.41, 5.74) is 1.05. The lowest BCUT2D eigenvalue weighted by Gasteiger charge is -2.15. The van der Waals surface area contributed by atoms with Crippen molar-refractivity contribution < 1.29 is 27.9 Å². The predicted octanol–water partition coefficient (Wildman–Crippen LogP) is 1.18. The van der Waals surface area contributed by atoms with Gasteiger partial charge in [-0.2, -0.15) is 0 Å². The average Bonchev–Trinajstić information content (AvgIpc) is 2.82. The second-order valence-corrected chi connectivity index (χ2v) is 7.20. The number of amides is 1. The molecular weight excluding hydrogens is 346 g/mol. The molecule has 1 N–H and O–H groups in total. The molecule has 0 radical (unpaired) electrons. The minimum Gasteiger partial charge on any atom is -0.460 e. The van der Waals surface area contributed by atoms with Crippen LogP contribution in [0.5, 0.6) is 0 Å². The molecule has 1 aliphatic heterocycles. The first-order valence-corrected chi connectivity index (χ1v) is 8.92. The van der Waals surface area contributed by atoms with Gasteiger partial charge in [0.05, 0.1) is 24.3 Å². The van der Waals surface area contributed by atoms with Crippen LogP contribution < -0.4 is 0 Å². The number of carbonyl (C=O) groups is 2. The van der Waals surface area contributed by atoms with Crippen LogP contribution in [0, 0.1) is 0 Å². The highest BCUT2D eigenvalue weighted by Gasteiger charge is 2.40. The molecule has 7 nitrogen and oxygen atoms in total. The Morgan fingerprint density at radius 3 is 2.40 bits per heavy atom. The molecule has 1 heterocycles. The van der Waals surface area contributed by atoms with Crippen molar-refractivity contribution in [2.45, 2.75) is 11.5 Å². The van der Waals surface area contributed by atoms with E-state index in [1.807, 2.05) is 0 Å².